The molecule has 0 unspecified atom stereocenters. The summed E-state index contributed by atoms with van der Waals surface area (Å²) >= 11 is 0. The summed E-state index contributed by atoms with van der Waals surface area (Å²) in [6.45, 7) is 13.4. The molecule has 10 amide bonds. The zero-order valence-corrected chi connectivity index (χ0v) is 49.1. The van der Waals surface area contributed by atoms with E-state index in [-0.39, 0.29) is 82.4 Å². The van der Waals surface area contributed by atoms with Gasteiger partial charge in [0, 0.05) is 39.0 Å². The Hall–Kier alpha value is -6.94. The molecule has 2 aliphatic carbocycles. The fourth-order valence-corrected chi connectivity index (χ4v) is 10.9. The molecule has 0 radical (unpaired) electrons. The van der Waals surface area contributed by atoms with Crippen molar-refractivity contribution in [3.8, 4) is 0 Å². The van der Waals surface area contributed by atoms with Crippen molar-refractivity contribution in [2.45, 2.75) is 162 Å². The van der Waals surface area contributed by atoms with E-state index in [1.54, 1.807) is 27.9 Å². The topological polar surface area (TPSA) is 280 Å². The second kappa shape index (κ2) is 28.2. The Kier molecular flexibility index (Phi) is 22.0. The van der Waals surface area contributed by atoms with Gasteiger partial charge >= 0.3 is 0 Å². The van der Waals surface area contributed by atoms with E-state index >= 15 is 0 Å². The Balaban J connectivity index is 1.03. The second-order valence-corrected chi connectivity index (χ2v) is 24.1. The monoisotopic (exact) mass is 1120 g/mol. The van der Waals surface area contributed by atoms with Gasteiger partial charge in [-0.2, -0.15) is 0 Å². The largest absolute Gasteiger partial charge is 0.347 e. The molecule has 2 saturated heterocycles. The Morgan fingerprint density at radius 3 is 1.27 bits per heavy atom. The normalized spacial score (nSPS) is 20.7. The summed E-state index contributed by atoms with van der Waals surface area (Å²) in [5.41, 5.74) is 2.79. The summed E-state index contributed by atoms with van der Waals surface area (Å²) in [5, 5.41) is 23.1. The summed E-state index contributed by atoms with van der Waals surface area (Å²) < 4.78 is 0. The Morgan fingerprint density at radius 1 is 0.543 bits per heavy atom. The molecule has 81 heavy (non-hydrogen) atoms. The molecule has 2 aliphatic heterocycles. The van der Waals surface area contributed by atoms with Crippen LogP contribution < -0.4 is 42.5 Å². The molecule has 8 N–H and O–H groups in total. The van der Waals surface area contributed by atoms with Crippen LogP contribution in [0.15, 0.2) is 48.5 Å². The first-order valence-corrected chi connectivity index (χ1v) is 28.7. The molecule has 6 rings (SSSR count). The third-order valence-corrected chi connectivity index (χ3v) is 16.1. The number of carbonyl (C=O) groups is 10. The van der Waals surface area contributed by atoms with Crippen molar-refractivity contribution < 1.29 is 47.9 Å². The van der Waals surface area contributed by atoms with E-state index in [0.29, 0.717) is 12.8 Å². The van der Waals surface area contributed by atoms with Crippen LogP contribution in [-0.4, -0.2) is 181 Å². The van der Waals surface area contributed by atoms with E-state index in [1.165, 1.54) is 19.6 Å². The first-order valence-electron chi connectivity index (χ1n) is 28.7. The molecule has 444 valence electrons. The predicted octanol–water partition coefficient (Wildman–Crippen LogP) is 1.13. The Labute approximate surface area is 477 Å². The number of benzene rings is 2. The number of carbonyl (C=O) groups excluding carboxylic acids is 10. The van der Waals surface area contributed by atoms with Crippen molar-refractivity contribution in [3.63, 3.8) is 0 Å². The van der Waals surface area contributed by atoms with Crippen LogP contribution in [-0.2, 0) is 60.8 Å². The predicted molar refractivity (Wildman–Crippen MR) is 304 cm³/mol. The van der Waals surface area contributed by atoms with E-state index in [4.69, 9.17) is 0 Å². The minimum atomic E-state index is -1.10. The highest BCUT2D eigenvalue weighted by Gasteiger charge is 2.46. The maximum Gasteiger partial charge on any atom is 0.246 e. The summed E-state index contributed by atoms with van der Waals surface area (Å²) in [7, 11) is 3.28. The lowest BCUT2D eigenvalue weighted by atomic mass is 9.85. The van der Waals surface area contributed by atoms with Gasteiger partial charge in [-0.05, 0) is 106 Å². The fraction of sp³-hybridized carbons (Fsp3) is 0.627. The number of likely N-dealkylation sites (N-methyl/N-ethyl adjacent to an activating group) is 2. The van der Waals surface area contributed by atoms with Crippen molar-refractivity contribution in [2.24, 2.45) is 10.8 Å². The number of nitrogens with one attached hydrogen (secondary N) is 8. The average Bonchev–Trinajstić information content (AvgIpc) is 3.44. The van der Waals surface area contributed by atoms with Gasteiger partial charge in [0.2, 0.25) is 59.1 Å². The first-order chi connectivity index (χ1) is 38.3. The van der Waals surface area contributed by atoms with Gasteiger partial charge in [-0.1, -0.05) is 90.1 Å². The molecule has 2 fully saturated rings. The smallest absolute Gasteiger partial charge is 0.246 e. The van der Waals surface area contributed by atoms with E-state index in [0.717, 1.165) is 47.9 Å². The van der Waals surface area contributed by atoms with Crippen molar-refractivity contribution in [2.75, 3.05) is 66.5 Å². The Bertz CT molecular complexity index is 2460. The lowest BCUT2D eigenvalue weighted by molar-refractivity contribution is -0.152. The zero-order valence-electron chi connectivity index (χ0n) is 49.1. The van der Waals surface area contributed by atoms with Crippen molar-refractivity contribution in [1.29, 1.82) is 0 Å². The average molecular weight is 1130 g/mol. The van der Waals surface area contributed by atoms with Crippen LogP contribution in [0.25, 0.3) is 0 Å². The van der Waals surface area contributed by atoms with Crippen LogP contribution in [0, 0.1) is 10.8 Å². The molecule has 22 heteroatoms. The quantitative estimate of drug-likeness (QED) is 0.0928. The molecule has 0 saturated carbocycles. The fourth-order valence-electron chi connectivity index (χ4n) is 10.9. The van der Waals surface area contributed by atoms with E-state index in [9.17, 15) is 47.9 Å². The van der Waals surface area contributed by atoms with Crippen LogP contribution in [0.5, 0.6) is 0 Å². The third kappa shape index (κ3) is 16.6. The van der Waals surface area contributed by atoms with Crippen LogP contribution in [0.1, 0.15) is 135 Å². The van der Waals surface area contributed by atoms with Gasteiger partial charge in [-0.15, -0.1) is 0 Å². The number of amides is 10. The van der Waals surface area contributed by atoms with Crippen molar-refractivity contribution in [3.05, 3.63) is 70.8 Å². The first kappa shape index (κ1) is 63.2. The highest BCUT2D eigenvalue weighted by atomic mass is 16.2. The van der Waals surface area contributed by atoms with Gasteiger partial charge in [-0.25, -0.2) is 0 Å². The molecular formula is C59H88N12O10. The number of piperazine rings is 2. The molecule has 0 aromatic heterocycles. The number of rotatable bonds is 20. The van der Waals surface area contributed by atoms with Crippen LogP contribution in [0.4, 0.5) is 0 Å². The summed E-state index contributed by atoms with van der Waals surface area (Å²) in [4.78, 5) is 143. The van der Waals surface area contributed by atoms with Gasteiger partial charge in [0.1, 0.15) is 24.2 Å². The number of nitrogens with zero attached hydrogens (tertiary/aromatic N) is 4. The SMILES string of the molecule is CN[C@@H](C)C(=O)N[C@H](C(=O)N1CCN(C(=O)CNC(=O)CCCC(=O)NCC(=O)N2CCN(C(=O)[C@@H](NC(=O)[C@H](C)NC)C(C)(C)C)[C@H](C(=O)N[C@@H]3CCCc4ccccc43)C2)C[C@H]1C(=O)N[C@@H]1CCCc2ccccc21)C(C)(C)C. The molecule has 2 aromatic carbocycles. The molecule has 8 atom stereocenters. The molecule has 0 spiro atoms. The molecule has 2 heterocycles. The maximum atomic E-state index is 14.5. The van der Waals surface area contributed by atoms with Crippen LogP contribution in [0.3, 0.4) is 0 Å². The zero-order chi connectivity index (χ0) is 59.3. The number of fused-ring (bicyclic) bond motifs is 2. The highest BCUT2D eigenvalue weighted by Crippen LogP contribution is 2.32. The van der Waals surface area contributed by atoms with Crippen LogP contribution >= 0.6 is 0 Å². The third-order valence-electron chi connectivity index (χ3n) is 16.1. The maximum absolute atomic E-state index is 14.5. The van der Waals surface area contributed by atoms with Gasteiger partial charge in [0.25, 0.3) is 0 Å². The van der Waals surface area contributed by atoms with Gasteiger partial charge in [-0.3, -0.25) is 47.9 Å². The number of aryl methyl sites for hydroxylation is 2. The highest BCUT2D eigenvalue weighted by molar-refractivity contribution is 5.96. The van der Waals surface area contributed by atoms with Crippen molar-refractivity contribution in [1.82, 2.24) is 62.1 Å². The summed E-state index contributed by atoms with van der Waals surface area (Å²) in [6, 6.07) is 9.83. The number of hydrogen-bond acceptors (Lipinski definition) is 12. The molecular weight excluding hydrogens is 1040 g/mol. The minimum absolute atomic E-state index is 0.00317. The van der Waals surface area contributed by atoms with Gasteiger partial charge in [0.05, 0.1) is 50.3 Å². The molecule has 22 nitrogen and oxygen atoms in total. The molecule has 2 aromatic rings. The van der Waals surface area contributed by atoms with Gasteiger partial charge in [0.15, 0.2) is 0 Å². The lowest BCUT2D eigenvalue weighted by Gasteiger charge is -2.44. The second-order valence-electron chi connectivity index (χ2n) is 24.1. The van der Waals surface area contributed by atoms with Gasteiger partial charge < -0.3 is 62.1 Å². The standard InChI is InChI=1S/C59H88N12O10/c1-36(60-9)52(76)66-50(58(3,4)5)56(80)70-30-28-68(34-44(70)54(78)64-42-24-15-20-38-18-11-13-22-40(38)42)48(74)32-62-46(72)26-17-27-47(73)63-33-49(75)69-29-31-71(57(81)51(59(6,7)8)67-53(77)37(2)61-10)45(35-69)55(79)65-43-25-16-21-39-19-12-14-23-41(39)43/h11-14,18-19,22-23,36-37,42-45,50-51,60-61H,15-17,20-21,24-35H2,1-10H3,(H,62,72)(H,63,73)(H,64,78)(H,65,79)(H,66,76)(H,67,77)/t36-,37-,42+,43+,44-,45-,50+,51+/m0/s1. The molecule has 0 bridgehead atoms. The minimum Gasteiger partial charge on any atom is -0.347 e. The van der Waals surface area contributed by atoms with Crippen LogP contribution in [0.2, 0.25) is 0 Å². The van der Waals surface area contributed by atoms with Crippen molar-refractivity contribution >= 4 is 59.1 Å². The number of hydrogen-bond donors (Lipinski definition) is 8. The van der Waals surface area contributed by atoms with E-state index in [2.05, 4.69) is 42.5 Å². The lowest BCUT2D eigenvalue weighted by Crippen LogP contribution is -2.66. The summed E-state index contributed by atoms with van der Waals surface area (Å²) in [5.74, 6) is -4.48. The summed E-state index contributed by atoms with van der Waals surface area (Å²) in [6.07, 6.45) is 4.73. The molecule has 4 aliphatic rings. The Morgan fingerprint density at radius 2 is 0.914 bits per heavy atom. The van der Waals surface area contributed by atoms with E-state index < -0.39 is 107 Å². The van der Waals surface area contributed by atoms with E-state index in [1.807, 2.05) is 90.1 Å².